The fourth-order valence-electron chi connectivity index (χ4n) is 2.37. The summed E-state index contributed by atoms with van der Waals surface area (Å²) < 4.78 is 5.15. The van der Waals surface area contributed by atoms with Crippen LogP contribution in [-0.2, 0) is 18.4 Å². The third-order valence-electron chi connectivity index (χ3n) is 3.66. The fraction of sp³-hybridized carbons (Fsp3) is 0.333. The molecule has 0 fully saturated rings. The smallest absolute Gasteiger partial charge is 0.118 e. The summed E-state index contributed by atoms with van der Waals surface area (Å²) >= 11 is 0. The molecule has 106 valence electrons. The van der Waals surface area contributed by atoms with Gasteiger partial charge in [0.15, 0.2) is 0 Å². The van der Waals surface area contributed by atoms with Crippen LogP contribution in [0.15, 0.2) is 48.5 Å². The second kappa shape index (κ2) is 6.10. The SMILES string of the molecule is CCc1cccc(C(C)(O)Cc2ccc(OC)cc2)c1. The Hall–Kier alpha value is -1.80. The number of rotatable bonds is 5. The molecule has 0 bridgehead atoms. The lowest BCUT2D eigenvalue weighted by Crippen LogP contribution is -2.24. The minimum absolute atomic E-state index is 0.587. The molecule has 0 aliphatic carbocycles. The molecule has 2 rings (SSSR count). The first-order chi connectivity index (χ1) is 9.55. The van der Waals surface area contributed by atoms with Crippen molar-refractivity contribution in [3.05, 3.63) is 65.2 Å². The number of aryl methyl sites for hydroxylation is 1. The molecule has 20 heavy (non-hydrogen) atoms. The maximum Gasteiger partial charge on any atom is 0.118 e. The summed E-state index contributed by atoms with van der Waals surface area (Å²) in [4.78, 5) is 0. The van der Waals surface area contributed by atoms with Crippen LogP contribution in [0.1, 0.15) is 30.5 Å². The van der Waals surface area contributed by atoms with Crippen LogP contribution in [0.4, 0.5) is 0 Å². The molecule has 0 heterocycles. The van der Waals surface area contributed by atoms with Crippen molar-refractivity contribution in [2.75, 3.05) is 7.11 Å². The quantitative estimate of drug-likeness (QED) is 0.897. The zero-order chi connectivity index (χ0) is 14.6. The zero-order valence-electron chi connectivity index (χ0n) is 12.4. The van der Waals surface area contributed by atoms with Gasteiger partial charge in [-0.05, 0) is 42.2 Å². The average molecular weight is 270 g/mol. The second-order valence-electron chi connectivity index (χ2n) is 5.35. The van der Waals surface area contributed by atoms with E-state index in [0.29, 0.717) is 6.42 Å². The molecule has 0 aromatic heterocycles. The van der Waals surface area contributed by atoms with Crippen molar-refractivity contribution in [1.82, 2.24) is 0 Å². The van der Waals surface area contributed by atoms with Crippen molar-refractivity contribution in [3.63, 3.8) is 0 Å². The van der Waals surface area contributed by atoms with Crippen molar-refractivity contribution < 1.29 is 9.84 Å². The van der Waals surface area contributed by atoms with Gasteiger partial charge >= 0.3 is 0 Å². The van der Waals surface area contributed by atoms with E-state index in [2.05, 4.69) is 19.1 Å². The summed E-state index contributed by atoms with van der Waals surface area (Å²) in [5, 5.41) is 10.8. The van der Waals surface area contributed by atoms with E-state index in [0.717, 1.165) is 23.3 Å². The Morgan fingerprint density at radius 1 is 1.05 bits per heavy atom. The van der Waals surface area contributed by atoms with E-state index in [-0.39, 0.29) is 0 Å². The van der Waals surface area contributed by atoms with Crippen LogP contribution >= 0.6 is 0 Å². The second-order valence-corrected chi connectivity index (χ2v) is 5.35. The molecule has 1 atom stereocenters. The minimum atomic E-state index is -0.861. The zero-order valence-corrected chi connectivity index (χ0v) is 12.4. The molecule has 2 aromatic carbocycles. The van der Waals surface area contributed by atoms with Gasteiger partial charge in [0.2, 0.25) is 0 Å². The van der Waals surface area contributed by atoms with Gasteiger partial charge < -0.3 is 9.84 Å². The van der Waals surface area contributed by atoms with Crippen molar-refractivity contribution in [3.8, 4) is 5.75 Å². The van der Waals surface area contributed by atoms with Gasteiger partial charge in [-0.15, -0.1) is 0 Å². The molecule has 0 radical (unpaired) electrons. The van der Waals surface area contributed by atoms with Crippen molar-refractivity contribution >= 4 is 0 Å². The molecule has 2 nitrogen and oxygen atoms in total. The van der Waals surface area contributed by atoms with E-state index < -0.39 is 5.60 Å². The van der Waals surface area contributed by atoms with Crippen LogP contribution in [0.3, 0.4) is 0 Å². The average Bonchev–Trinajstić information content (AvgIpc) is 2.48. The Bertz CT molecular complexity index is 556. The summed E-state index contributed by atoms with van der Waals surface area (Å²) in [5.74, 6) is 0.835. The van der Waals surface area contributed by atoms with Crippen molar-refractivity contribution in [2.24, 2.45) is 0 Å². The van der Waals surface area contributed by atoms with Gasteiger partial charge in [0.25, 0.3) is 0 Å². The number of aliphatic hydroxyl groups is 1. The number of hydrogen-bond acceptors (Lipinski definition) is 2. The molecule has 0 spiro atoms. The van der Waals surface area contributed by atoms with Gasteiger partial charge in [0, 0.05) is 6.42 Å². The van der Waals surface area contributed by atoms with Gasteiger partial charge in [0.05, 0.1) is 12.7 Å². The Morgan fingerprint density at radius 2 is 1.75 bits per heavy atom. The molecule has 0 aliphatic heterocycles. The Balaban J connectivity index is 2.20. The molecule has 1 N–H and O–H groups in total. The Kier molecular flexibility index (Phi) is 4.46. The van der Waals surface area contributed by atoms with Crippen molar-refractivity contribution in [1.29, 1.82) is 0 Å². The van der Waals surface area contributed by atoms with Gasteiger partial charge in [-0.2, -0.15) is 0 Å². The lowest BCUT2D eigenvalue weighted by molar-refractivity contribution is 0.0575. The number of benzene rings is 2. The van der Waals surface area contributed by atoms with Gasteiger partial charge in [-0.3, -0.25) is 0 Å². The van der Waals surface area contributed by atoms with Gasteiger partial charge in [-0.1, -0.05) is 43.3 Å². The van der Waals surface area contributed by atoms with E-state index in [1.165, 1.54) is 5.56 Å². The van der Waals surface area contributed by atoms with Crippen LogP contribution in [-0.4, -0.2) is 12.2 Å². The van der Waals surface area contributed by atoms with Gasteiger partial charge in [-0.25, -0.2) is 0 Å². The van der Waals surface area contributed by atoms with Crippen LogP contribution in [0, 0.1) is 0 Å². The standard InChI is InChI=1S/C18H22O2/c1-4-14-6-5-7-16(12-14)18(2,19)13-15-8-10-17(20-3)11-9-15/h5-12,19H,4,13H2,1-3H3. The summed E-state index contributed by atoms with van der Waals surface area (Å²) in [6.07, 6.45) is 1.57. The molecular formula is C18H22O2. The summed E-state index contributed by atoms with van der Waals surface area (Å²) in [5.41, 5.74) is 2.45. The number of ether oxygens (including phenoxy) is 1. The van der Waals surface area contributed by atoms with Gasteiger partial charge in [0.1, 0.15) is 5.75 Å². The highest BCUT2D eigenvalue weighted by Gasteiger charge is 2.23. The molecule has 0 aliphatic rings. The monoisotopic (exact) mass is 270 g/mol. The highest BCUT2D eigenvalue weighted by atomic mass is 16.5. The number of hydrogen-bond donors (Lipinski definition) is 1. The highest BCUT2D eigenvalue weighted by Crippen LogP contribution is 2.27. The first-order valence-electron chi connectivity index (χ1n) is 7.00. The van der Waals surface area contributed by atoms with Crippen LogP contribution in [0.2, 0.25) is 0 Å². The summed E-state index contributed by atoms with van der Waals surface area (Å²) in [6, 6.07) is 16.0. The maximum absolute atomic E-state index is 10.8. The molecule has 0 saturated heterocycles. The lowest BCUT2D eigenvalue weighted by Gasteiger charge is -2.24. The van der Waals surface area contributed by atoms with Crippen LogP contribution in [0.5, 0.6) is 5.75 Å². The molecule has 1 unspecified atom stereocenters. The maximum atomic E-state index is 10.8. The predicted molar refractivity (Wildman–Crippen MR) is 82.1 cm³/mol. The molecule has 0 saturated carbocycles. The minimum Gasteiger partial charge on any atom is -0.497 e. The number of methoxy groups -OCH3 is 1. The summed E-state index contributed by atoms with van der Waals surface area (Å²) in [6.45, 7) is 3.99. The van der Waals surface area contributed by atoms with E-state index >= 15 is 0 Å². The summed E-state index contributed by atoms with van der Waals surface area (Å²) in [7, 11) is 1.65. The van der Waals surface area contributed by atoms with E-state index in [1.54, 1.807) is 7.11 Å². The fourth-order valence-corrected chi connectivity index (χ4v) is 2.37. The third-order valence-corrected chi connectivity index (χ3v) is 3.66. The molecular weight excluding hydrogens is 248 g/mol. The highest BCUT2D eigenvalue weighted by molar-refractivity contribution is 5.32. The first kappa shape index (κ1) is 14.6. The van der Waals surface area contributed by atoms with Crippen LogP contribution in [0.25, 0.3) is 0 Å². The first-order valence-corrected chi connectivity index (χ1v) is 7.00. The normalized spacial score (nSPS) is 13.8. The molecule has 2 heteroatoms. The largest absolute Gasteiger partial charge is 0.497 e. The van der Waals surface area contributed by atoms with Crippen LogP contribution < -0.4 is 4.74 Å². The Morgan fingerprint density at radius 3 is 2.35 bits per heavy atom. The lowest BCUT2D eigenvalue weighted by atomic mass is 9.88. The van der Waals surface area contributed by atoms with E-state index in [1.807, 2.05) is 43.3 Å². The van der Waals surface area contributed by atoms with E-state index in [9.17, 15) is 5.11 Å². The topological polar surface area (TPSA) is 29.5 Å². The molecule has 0 amide bonds. The Labute approximate surface area is 121 Å². The predicted octanol–water partition coefficient (Wildman–Crippen LogP) is 3.71. The molecule has 2 aromatic rings. The third kappa shape index (κ3) is 3.40. The van der Waals surface area contributed by atoms with Crippen molar-refractivity contribution in [2.45, 2.75) is 32.3 Å². The van der Waals surface area contributed by atoms with E-state index in [4.69, 9.17) is 4.74 Å².